The molecule has 0 N–H and O–H groups in total. The summed E-state index contributed by atoms with van der Waals surface area (Å²) < 4.78 is 1.75. The monoisotopic (exact) mass is 235 g/mol. The summed E-state index contributed by atoms with van der Waals surface area (Å²) >= 11 is 6.10. The van der Waals surface area contributed by atoms with E-state index in [0.717, 1.165) is 17.8 Å². The van der Waals surface area contributed by atoms with Crippen LogP contribution < -0.4 is 0 Å². The Bertz CT molecular complexity index is 461. The molecule has 0 saturated carbocycles. The van der Waals surface area contributed by atoms with Gasteiger partial charge in [-0.1, -0.05) is 29.8 Å². The van der Waals surface area contributed by atoms with Gasteiger partial charge in [-0.2, -0.15) is 0 Å². The number of halogens is 1. The van der Waals surface area contributed by atoms with E-state index in [1.165, 1.54) is 5.56 Å². The van der Waals surface area contributed by atoms with Gasteiger partial charge in [0.2, 0.25) is 0 Å². The van der Waals surface area contributed by atoms with Crippen molar-refractivity contribution in [3.05, 3.63) is 41.7 Å². The molecule has 1 unspecified atom stereocenters. The van der Waals surface area contributed by atoms with Crippen molar-refractivity contribution in [2.75, 3.05) is 0 Å². The molecular weight excluding hydrogens is 222 g/mol. The molecule has 0 spiro atoms. The highest BCUT2D eigenvalue weighted by atomic mass is 35.5. The van der Waals surface area contributed by atoms with Crippen LogP contribution in [0.15, 0.2) is 30.5 Å². The number of alkyl halides is 1. The summed E-state index contributed by atoms with van der Waals surface area (Å²) in [4.78, 5) is 0. The molecule has 0 aliphatic rings. The van der Waals surface area contributed by atoms with Crippen LogP contribution in [-0.2, 0) is 0 Å². The average molecular weight is 236 g/mol. The fourth-order valence-electron chi connectivity index (χ4n) is 1.45. The fraction of sp³-hybridized carbons (Fsp3) is 0.333. The first kappa shape index (κ1) is 11.1. The lowest BCUT2D eigenvalue weighted by molar-refractivity contribution is 0.785. The molecule has 3 nitrogen and oxygen atoms in total. The molecule has 2 aromatic rings. The minimum absolute atomic E-state index is 0.0563. The van der Waals surface area contributed by atoms with Gasteiger partial charge in [-0.25, -0.2) is 4.68 Å². The second-order valence-corrected chi connectivity index (χ2v) is 4.33. The van der Waals surface area contributed by atoms with Crippen molar-refractivity contribution in [1.29, 1.82) is 0 Å². The molecule has 0 aliphatic heterocycles. The molecule has 84 valence electrons. The van der Waals surface area contributed by atoms with Gasteiger partial charge in [-0.3, -0.25) is 0 Å². The van der Waals surface area contributed by atoms with Crippen molar-refractivity contribution >= 4 is 11.6 Å². The van der Waals surface area contributed by atoms with Crippen molar-refractivity contribution in [2.45, 2.75) is 25.6 Å². The predicted octanol–water partition coefficient (Wildman–Crippen LogP) is 3.27. The number of nitrogens with zero attached hydrogens (tertiary/aromatic N) is 3. The highest BCUT2D eigenvalue weighted by Gasteiger charge is 2.10. The van der Waals surface area contributed by atoms with Crippen molar-refractivity contribution in [1.82, 2.24) is 15.0 Å². The molecule has 0 radical (unpaired) electrons. The van der Waals surface area contributed by atoms with Crippen LogP contribution in [0.3, 0.4) is 0 Å². The van der Waals surface area contributed by atoms with Gasteiger partial charge in [0.05, 0.1) is 17.3 Å². The van der Waals surface area contributed by atoms with E-state index < -0.39 is 0 Å². The number of benzene rings is 1. The van der Waals surface area contributed by atoms with Crippen molar-refractivity contribution in [3.8, 4) is 5.69 Å². The van der Waals surface area contributed by atoms with Gasteiger partial charge >= 0.3 is 0 Å². The third kappa shape index (κ3) is 2.25. The van der Waals surface area contributed by atoms with Crippen LogP contribution in [0.5, 0.6) is 0 Å². The molecular formula is C12H14ClN3. The van der Waals surface area contributed by atoms with Crippen molar-refractivity contribution < 1.29 is 0 Å². The SMILES string of the molecule is CCC(Cl)c1cn(-c2ccc(C)cc2)nn1. The van der Waals surface area contributed by atoms with Gasteiger partial charge < -0.3 is 0 Å². The van der Waals surface area contributed by atoms with Crippen molar-refractivity contribution in [3.63, 3.8) is 0 Å². The van der Waals surface area contributed by atoms with Crippen molar-refractivity contribution in [2.24, 2.45) is 0 Å². The van der Waals surface area contributed by atoms with Crippen LogP contribution in [0.4, 0.5) is 0 Å². The molecule has 2 rings (SSSR count). The van der Waals surface area contributed by atoms with Crippen LogP contribution in [-0.4, -0.2) is 15.0 Å². The normalized spacial score (nSPS) is 12.7. The van der Waals surface area contributed by atoms with Gasteiger partial charge in [-0.05, 0) is 25.5 Å². The largest absolute Gasteiger partial charge is 0.220 e. The third-order valence-corrected chi connectivity index (χ3v) is 3.02. The number of hydrogen-bond acceptors (Lipinski definition) is 2. The van der Waals surface area contributed by atoms with E-state index in [2.05, 4.69) is 29.4 Å². The smallest absolute Gasteiger partial charge is 0.101 e. The number of aromatic nitrogens is 3. The van der Waals surface area contributed by atoms with Crippen LogP contribution in [0.25, 0.3) is 5.69 Å². The minimum Gasteiger partial charge on any atom is -0.220 e. The molecule has 0 aliphatic carbocycles. The van der Waals surface area contributed by atoms with E-state index in [9.17, 15) is 0 Å². The number of aryl methyl sites for hydroxylation is 1. The van der Waals surface area contributed by atoms with E-state index >= 15 is 0 Å². The quantitative estimate of drug-likeness (QED) is 0.765. The second kappa shape index (κ2) is 4.66. The topological polar surface area (TPSA) is 30.7 Å². The Morgan fingerprint density at radius 2 is 2.00 bits per heavy atom. The van der Waals surface area contributed by atoms with Crippen LogP contribution in [0, 0.1) is 6.92 Å². The van der Waals surface area contributed by atoms with E-state index in [1.54, 1.807) is 4.68 Å². The Morgan fingerprint density at radius 1 is 1.31 bits per heavy atom. The summed E-state index contributed by atoms with van der Waals surface area (Å²) in [6.45, 7) is 4.09. The molecule has 4 heteroatoms. The number of hydrogen-bond donors (Lipinski definition) is 0. The Hall–Kier alpha value is -1.35. The molecule has 1 aromatic carbocycles. The minimum atomic E-state index is -0.0563. The second-order valence-electron chi connectivity index (χ2n) is 3.80. The summed E-state index contributed by atoms with van der Waals surface area (Å²) in [6, 6.07) is 8.13. The van der Waals surface area contributed by atoms with Gasteiger partial charge in [0, 0.05) is 0 Å². The lowest BCUT2D eigenvalue weighted by atomic mass is 10.2. The third-order valence-electron chi connectivity index (χ3n) is 2.49. The first-order chi connectivity index (χ1) is 7.70. The summed E-state index contributed by atoms with van der Waals surface area (Å²) in [5.74, 6) is 0. The Kier molecular flexibility index (Phi) is 3.25. The molecule has 0 fully saturated rings. The predicted molar refractivity (Wildman–Crippen MR) is 65.0 cm³/mol. The van der Waals surface area contributed by atoms with E-state index in [0.29, 0.717) is 0 Å². The lowest BCUT2D eigenvalue weighted by Gasteiger charge is -2.00. The molecule has 16 heavy (non-hydrogen) atoms. The van der Waals surface area contributed by atoms with Crippen LogP contribution >= 0.6 is 11.6 Å². The zero-order valence-electron chi connectivity index (χ0n) is 9.39. The maximum atomic E-state index is 6.10. The summed E-state index contributed by atoms with van der Waals surface area (Å²) in [6.07, 6.45) is 2.74. The number of rotatable bonds is 3. The maximum Gasteiger partial charge on any atom is 0.101 e. The standard InChI is InChI=1S/C12H14ClN3/c1-3-11(13)12-8-16(15-14-12)10-6-4-9(2)5-7-10/h4-8,11H,3H2,1-2H3. The molecule has 0 bridgehead atoms. The summed E-state index contributed by atoms with van der Waals surface area (Å²) in [5, 5.41) is 8.08. The zero-order valence-corrected chi connectivity index (χ0v) is 10.1. The molecule has 0 amide bonds. The van der Waals surface area contributed by atoms with E-state index in [-0.39, 0.29) is 5.38 Å². The Morgan fingerprint density at radius 3 is 2.62 bits per heavy atom. The summed E-state index contributed by atoms with van der Waals surface area (Å²) in [7, 11) is 0. The van der Waals surface area contributed by atoms with E-state index in [4.69, 9.17) is 11.6 Å². The maximum absolute atomic E-state index is 6.10. The first-order valence-electron chi connectivity index (χ1n) is 5.34. The highest BCUT2D eigenvalue weighted by molar-refractivity contribution is 6.20. The fourth-order valence-corrected chi connectivity index (χ4v) is 1.55. The van der Waals surface area contributed by atoms with Crippen LogP contribution in [0.2, 0.25) is 0 Å². The molecule has 1 heterocycles. The summed E-state index contributed by atoms with van der Waals surface area (Å²) in [5.41, 5.74) is 3.06. The zero-order chi connectivity index (χ0) is 11.5. The molecule has 1 aromatic heterocycles. The van der Waals surface area contributed by atoms with Gasteiger partial charge in [0.25, 0.3) is 0 Å². The first-order valence-corrected chi connectivity index (χ1v) is 5.77. The highest BCUT2D eigenvalue weighted by Crippen LogP contribution is 2.21. The lowest BCUT2D eigenvalue weighted by Crippen LogP contribution is -1.94. The van der Waals surface area contributed by atoms with E-state index in [1.807, 2.05) is 25.3 Å². The molecule has 0 saturated heterocycles. The van der Waals surface area contributed by atoms with Crippen LogP contribution in [0.1, 0.15) is 30.0 Å². The van der Waals surface area contributed by atoms with Gasteiger partial charge in [-0.15, -0.1) is 16.7 Å². The Balaban J connectivity index is 2.28. The van der Waals surface area contributed by atoms with Gasteiger partial charge in [0.15, 0.2) is 0 Å². The average Bonchev–Trinajstić information content (AvgIpc) is 2.78. The Labute approximate surface area is 100 Å². The van der Waals surface area contributed by atoms with Gasteiger partial charge in [0.1, 0.15) is 5.69 Å². The molecule has 1 atom stereocenters.